The van der Waals surface area contributed by atoms with E-state index in [1.807, 2.05) is 52.0 Å². The molecule has 0 saturated heterocycles. The number of esters is 1. The first-order chi connectivity index (χ1) is 17.3. The van der Waals surface area contributed by atoms with Crippen LogP contribution < -0.4 is 16.0 Å². The molecule has 36 heavy (non-hydrogen) atoms. The molecule has 3 rings (SSSR count). The molecule has 3 N–H and O–H groups in total. The van der Waals surface area contributed by atoms with E-state index in [0.717, 1.165) is 6.42 Å². The third kappa shape index (κ3) is 6.62. The highest BCUT2D eigenvalue weighted by Crippen LogP contribution is 2.44. The van der Waals surface area contributed by atoms with E-state index in [4.69, 9.17) is 21.7 Å². The number of fused-ring (bicyclic) bond motifs is 3. The van der Waals surface area contributed by atoms with Gasteiger partial charge in [0, 0.05) is 18.5 Å². The summed E-state index contributed by atoms with van der Waals surface area (Å²) < 4.78 is 10.5. The maximum atomic E-state index is 12.6. The van der Waals surface area contributed by atoms with Gasteiger partial charge in [-0.05, 0) is 42.0 Å². The largest absolute Gasteiger partial charge is 0.468 e. The molecule has 2 unspecified atom stereocenters. The van der Waals surface area contributed by atoms with Gasteiger partial charge in [0.1, 0.15) is 12.6 Å². The molecule has 2 aromatic rings. The molecule has 1 amide bonds. The first-order valence-electron chi connectivity index (χ1n) is 12.5. The summed E-state index contributed by atoms with van der Waals surface area (Å²) in [6, 6.07) is 15.6. The molecule has 4 atom stereocenters. The van der Waals surface area contributed by atoms with Crippen molar-refractivity contribution in [3.8, 4) is 11.1 Å². The highest BCUT2D eigenvalue weighted by molar-refractivity contribution is 7.80. The van der Waals surface area contributed by atoms with Crippen LogP contribution in [0.2, 0.25) is 0 Å². The third-order valence-electron chi connectivity index (χ3n) is 6.77. The highest BCUT2D eigenvalue weighted by atomic mass is 32.1. The monoisotopic (exact) mass is 511 g/mol. The van der Waals surface area contributed by atoms with E-state index in [9.17, 15) is 9.59 Å². The number of ether oxygens (including phenoxy) is 2. The fraction of sp³-hybridized carbons (Fsp3) is 0.464. The molecule has 0 spiro atoms. The Kier molecular flexibility index (Phi) is 9.84. The lowest BCUT2D eigenvalue weighted by Crippen LogP contribution is -2.51. The molecule has 1 aliphatic carbocycles. The fourth-order valence-corrected chi connectivity index (χ4v) is 4.74. The maximum absolute atomic E-state index is 12.6. The first-order valence-corrected chi connectivity index (χ1v) is 12.9. The van der Waals surface area contributed by atoms with Crippen molar-refractivity contribution in [1.29, 1.82) is 0 Å². The Balaban J connectivity index is 1.48. The molecular formula is C28H37N3O4S. The molecule has 0 heterocycles. The van der Waals surface area contributed by atoms with Crippen molar-refractivity contribution in [3.63, 3.8) is 0 Å². The van der Waals surface area contributed by atoms with Crippen molar-refractivity contribution in [1.82, 2.24) is 16.0 Å². The summed E-state index contributed by atoms with van der Waals surface area (Å²) in [4.78, 5) is 25.1. The van der Waals surface area contributed by atoms with Crippen LogP contribution >= 0.6 is 12.2 Å². The molecule has 0 fully saturated rings. The van der Waals surface area contributed by atoms with Gasteiger partial charge in [0.15, 0.2) is 0 Å². The summed E-state index contributed by atoms with van der Waals surface area (Å²) in [5.74, 6) is -0.127. The van der Waals surface area contributed by atoms with Gasteiger partial charge in [-0.3, -0.25) is 4.79 Å². The quantitative estimate of drug-likeness (QED) is 0.304. The Morgan fingerprint density at radius 3 is 2.11 bits per heavy atom. The average molecular weight is 512 g/mol. The molecule has 0 aromatic heterocycles. The number of hydrogen-bond donors (Lipinski definition) is 3. The van der Waals surface area contributed by atoms with Crippen LogP contribution in [0.4, 0.5) is 4.79 Å². The van der Waals surface area contributed by atoms with Crippen molar-refractivity contribution in [3.05, 3.63) is 59.7 Å². The number of benzene rings is 2. The number of amides is 1. The van der Waals surface area contributed by atoms with Gasteiger partial charge in [-0.25, -0.2) is 4.79 Å². The zero-order chi connectivity index (χ0) is 26.2. The zero-order valence-electron chi connectivity index (χ0n) is 21.7. The minimum atomic E-state index is -0.512. The van der Waals surface area contributed by atoms with Crippen molar-refractivity contribution < 1.29 is 19.1 Å². The molecule has 0 aliphatic heterocycles. The molecule has 194 valence electrons. The fourth-order valence-electron chi connectivity index (χ4n) is 4.48. The normalized spacial score (nSPS) is 15.6. The van der Waals surface area contributed by atoms with Gasteiger partial charge in [-0.2, -0.15) is 0 Å². The number of rotatable bonds is 11. The van der Waals surface area contributed by atoms with Crippen LogP contribution in [0, 0.1) is 5.92 Å². The van der Waals surface area contributed by atoms with Gasteiger partial charge in [0.25, 0.3) is 0 Å². The topological polar surface area (TPSA) is 88.7 Å². The van der Waals surface area contributed by atoms with E-state index < -0.39 is 12.1 Å². The summed E-state index contributed by atoms with van der Waals surface area (Å²) in [6.07, 6.45) is 0.343. The van der Waals surface area contributed by atoms with Crippen LogP contribution in [0.5, 0.6) is 0 Å². The smallest absolute Gasteiger partial charge is 0.407 e. The SMILES string of the molecule is CCC(C)[C@H](NCC(C)NC(=S)[C@H](C)NC(=O)OCC1c2ccccc2-c2ccccc21)C(=O)OC. The van der Waals surface area contributed by atoms with Crippen LogP contribution in [-0.2, 0) is 14.3 Å². The lowest BCUT2D eigenvalue weighted by molar-refractivity contribution is -0.144. The maximum Gasteiger partial charge on any atom is 0.407 e. The predicted molar refractivity (Wildman–Crippen MR) is 146 cm³/mol. The second-order valence-corrected chi connectivity index (χ2v) is 9.84. The molecule has 0 bridgehead atoms. The minimum Gasteiger partial charge on any atom is -0.468 e. The molecular weight excluding hydrogens is 474 g/mol. The Morgan fingerprint density at radius 2 is 1.56 bits per heavy atom. The Bertz CT molecular complexity index is 1030. The summed E-state index contributed by atoms with van der Waals surface area (Å²) in [6.45, 7) is 8.59. The number of methoxy groups -OCH3 is 1. The number of thiocarbonyl (C=S) groups is 1. The van der Waals surface area contributed by atoms with Gasteiger partial charge >= 0.3 is 12.1 Å². The Morgan fingerprint density at radius 1 is 0.972 bits per heavy atom. The minimum absolute atomic E-state index is 0.00268. The van der Waals surface area contributed by atoms with Gasteiger partial charge in [-0.1, -0.05) is 81.0 Å². The molecule has 0 saturated carbocycles. The molecule has 0 radical (unpaired) electrons. The third-order valence-corrected chi connectivity index (χ3v) is 7.24. The standard InChI is InChI=1S/C28H37N3O4S/c1-6-17(2)25(27(32)34-5)29-15-18(3)30-26(36)19(4)31-28(33)35-16-24-22-13-9-7-11-20(22)21-12-8-10-14-23(21)24/h7-14,17-19,24-25,29H,6,15-16H2,1-5H3,(H,30,36)(H,31,33)/t17?,18?,19-,25-/m0/s1. The van der Waals surface area contributed by atoms with E-state index in [1.165, 1.54) is 29.4 Å². The summed E-state index contributed by atoms with van der Waals surface area (Å²) in [5, 5.41) is 9.31. The van der Waals surface area contributed by atoms with Crippen LogP contribution in [0.1, 0.15) is 51.2 Å². The van der Waals surface area contributed by atoms with E-state index in [-0.39, 0.29) is 36.5 Å². The van der Waals surface area contributed by atoms with Crippen molar-refractivity contribution in [2.45, 2.75) is 58.2 Å². The van der Waals surface area contributed by atoms with E-state index in [2.05, 4.69) is 40.2 Å². The van der Waals surface area contributed by atoms with Crippen LogP contribution in [-0.4, -0.2) is 55.4 Å². The van der Waals surface area contributed by atoms with Crippen LogP contribution in [0.15, 0.2) is 48.5 Å². The average Bonchev–Trinajstić information content (AvgIpc) is 3.20. The summed E-state index contributed by atoms with van der Waals surface area (Å²) in [5.41, 5.74) is 4.71. The van der Waals surface area contributed by atoms with E-state index >= 15 is 0 Å². The van der Waals surface area contributed by atoms with Crippen LogP contribution in [0.25, 0.3) is 11.1 Å². The summed E-state index contributed by atoms with van der Waals surface area (Å²) in [7, 11) is 1.40. The predicted octanol–water partition coefficient (Wildman–Crippen LogP) is 4.40. The second-order valence-electron chi connectivity index (χ2n) is 9.40. The van der Waals surface area contributed by atoms with Crippen LogP contribution in [0.3, 0.4) is 0 Å². The van der Waals surface area contributed by atoms with Crippen molar-refractivity contribution >= 4 is 29.3 Å². The Labute approximate surface area is 219 Å². The highest BCUT2D eigenvalue weighted by Gasteiger charge is 2.29. The van der Waals surface area contributed by atoms with Gasteiger partial charge in [0.05, 0.1) is 18.1 Å². The number of alkyl carbamates (subject to hydrolysis) is 1. The number of carbonyl (C=O) groups excluding carboxylic acids is 2. The van der Waals surface area contributed by atoms with Crippen molar-refractivity contribution in [2.75, 3.05) is 20.3 Å². The Hall–Kier alpha value is -2.97. The van der Waals surface area contributed by atoms with Gasteiger partial charge < -0.3 is 25.4 Å². The first kappa shape index (κ1) is 27.6. The zero-order valence-corrected chi connectivity index (χ0v) is 22.5. The molecule has 7 nitrogen and oxygen atoms in total. The van der Waals surface area contributed by atoms with Gasteiger partial charge in [0.2, 0.25) is 0 Å². The summed E-state index contributed by atoms with van der Waals surface area (Å²) >= 11 is 5.49. The number of carbonyl (C=O) groups is 2. The second kappa shape index (κ2) is 12.8. The van der Waals surface area contributed by atoms with Gasteiger partial charge in [-0.15, -0.1) is 0 Å². The lowest BCUT2D eigenvalue weighted by Gasteiger charge is -2.26. The van der Waals surface area contributed by atoms with Crippen molar-refractivity contribution in [2.24, 2.45) is 5.92 Å². The lowest BCUT2D eigenvalue weighted by atomic mass is 9.98. The number of hydrogen-bond acceptors (Lipinski definition) is 6. The van der Waals surface area contributed by atoms with E-state index in [1.54, 1.807) is 0 Å². The molecule has 1 aliphatic rings. The van der Waals surface area contributed by atoms with E-state index in [0.29, 0.717) is 11.5 Å². The molecule has 2 aromatic carbocycles. The number of nitrogens with one attached hydrogen (secondary N) is 3. The molecule has 8 heteroatoms.